The molecule has 0 atom stereocenters. The van der Waals surface area contributed by atoms with Crippen LogP contribution in [-0.4, -0.2) is 36.2 Å². The van der Waals surface area contributed by atoms with E-state index >= 15 is 0 Å². The highest BCUT2D eigenvalue weighted by molar-refractivity contribution is 7.13. The summed E-state index contributed by atoms with van der Waals surface area (Å²) in [6, 6.07) is 14.2. The zero-order chi connectivity index (χ0) is 16.4. The Morgan fingerprint density at radius 3 is 2.71 bits per heavy atom. The van der Waals surface area contributed by atoms with Crippen molar-refractivity contribution in [1.82, 2.24) is 10.1 Å². The van der Waals surface area contributed by atoms with E-state index in [2.05, 4.69) is 33.2 Å². The minimum Gasteiger partial charge on any atom is -0.369 e. The van der Waals surface area contributed by atoms with Gasteiger partial charge in [-0.2, -0.15) is 0 Å². The number of hydrogen-bond donors (Lipinski definition) is 0. The van der Waals surface area contributed by atoms with Crippen LogP contribution in [0.3, 0.4) is 0 Å². The molecule has 0 spiro atoms. The Morgan fingerprint density at radius 2 is 1.96 bits per heavy atom. The molecule has 0 unspecified atom stereocenters. The predicted octanol–water partition coefficient (Wildman–Crippen LogP) is 4.38. The molecule has 1 aliphatic rings. The van der Waals surface area contributed by atoms with Gasteiger partial charge in [-0.1, -0.05) is 28.9 Å². The van der Waals surface area contributed by atoms with E-state index in [4.69, 9.17) is 16.1 Å². The van der Waals surface area contributed by atoms with Crippen LogP contribution in [-0.2, 0) is 6.54 Å². The molecule has 0 bridgehead atoms. The van der Waals surface area contributed by atoms with Crippen LogP contribution in [0.15, 0.2) is 52.4 Å². The first-order chi connectivity index (χ1) is 11.8. The van der Waals surface area contributed by atoms with E-state index in [-0.39, 0.29) is 0 Å². The fourth-order valence-corrected chi connectivity index (χ4v) is 3.85. The van der Waals surface area contributed by atoms with Crippen LogP contribution in [0.25, 0.3) is 10.6 Å². The van der Waals surface area contributed by atoms with Crippen molar-refractivity contribution in [3.8, 4) is 10.6 Å². The molecule has 1 saturated heterocycles. The summed E-state index contributed by atoms with van der Waals surface area (Å²) >= 11 is 7.76. The molecular weight excluding hydrogens is 342 g/mol. The summed E-state index contributed by atoms with van der Waals surface area (Å²) in [5.41, 5.74) is 2.19. The summed E-state index contributed by atoms with van der Waals surface area (Å²) in [4.78, 5) is 5.92. The SMILES string of the molecule is Clc1cccc(N2CCN(Cc3cc(-c4cccs4)on3)CC2)c1. The van der Waals surface area contributed by atoms with E-state index < -0.39 is 0 Å². The van der Waals surface area contributed by atoms with Gasteiger partial charge in [0.15, 0.2) is 5.76 Å². The molecule has 6 heteroatoms. The van der Waals surface area contributed by atoms with Crippen LogP contribution in [0.5, 0.6) is 0 Å². The van der Waals surface area contributed by atoms with E-state index in [9.17, 15) is 0 Å². The normalized spacial score (nSPS) is 15.8. The van der Waals surface area contributed by atoms with Crippen LogP contribution in [0, 0.1) is 0 Å². The van der Waals surface area contributed by atoms with Gasteiger partial charge in [-0.25, -0.2) is 0 Å². The van der Waals surface area contributed by atoms with Gasteiger partial charge in [0.25, 0.3) is 0 Å². The molecule has 3 heterocycles. The highest BCUT2D eigenvalue weighted by Gasteiger charge is 2.19. The first-order valence-electron chi connectivity index (χ1n) is 8.00. The third kappa shape index (κ3) is 3.48. The minimum absolute atomic E-state index is 0.790. The second kappa shape index (κ2) is 6.97. The lowest BCUT2D eigenvalue weighted by Crippen LogP contribution is -2.46. The number of halogens is 1. The first kappa shape index (κ1) is 15.7. The average Bonchev–Trinajstić information content (AvgIpc) is 3.27. The average molecular weight is 360 g/mol. The van der Waals surface area contributed by atoms with Crippen molar-refractivity contribution in [1.29, 1.82) is 0 Å². The van der Waals surface area contributed by atoms with Crippen LogP contribution in [0.4, 0.5) is 5.69 Å². The van der Waals surface area contributed by atoms with E-state index in [0.29, 0.717) is 0 Å². The highest BCUT2D eigenvalue weighted by atomic mass is 35.5. The Bertz CT molecular complexity index is 794. The molecule has 3 aromatic rings. The van der Waals surface area contributed by atoms with Gasteiger partial charge in [-0.15, -0.1) is 11.3 Å². The zero-order valence-electron chi connectivity index (χ0n) is 13.2. The second-order valence-electron chi connectivity index (χ2n) is 5.90. The van der Waals surface area contributed by atoms with Crippen molar-refractivity contribution in [2.75, 3.05) is 31.1 Å². The Hall–Kier alpha value is -1.82. The van der Waals surface area contributed by atoms with Gasteiger partial charge in [0.1, 0.15) is 0 Å². The van der Waals surface area contributed by atoms with Gasteiger partial charge in [0, 0.05) is 49.5 Å². The van der Waals surface area contributed by atoms with E-state index in [0.717, 1.165) is 54.1 Å². The van der Waals surface area contributed by atoms with Crippen molar-refractivity contribution < 1.29 is 4.52 Å². The zero-order valence-corrected chi connectivity index (χ0v) is 14.8. The Balaban J connectivity index is 1.35. The molecule has 0 saturated carbocycles. The summed E-state index contributed by atoms with van der Waals surface area (Å²) < 4.78 is 5.46. The maximum Gasteiger partial charge on any atom is 0.177 e. The first-order valence-corrected chi connectivity index (χ1v) is 9.26. The lowest BCUT2D eigenvalue weighted by molar-refractivity contribution is 0.242. The topological polar surface area (TPSA) is 32.5 Å². The lowest BCUT2D eigenvalue weighted by atomic mass is 10.2. The third-order valence-corrected chi connectivity index (χ3v) is 5.37. The summed E-state index contributed by atoms with van der Waals surface area (Å²) in [6.07, 6.45) is 0. The van der Waals surface area contributed by atoms with Crippen molar-refractivity contribution in [2.45, 2.75) is 6.54 Å². The lowest BCUT2D eigenvalue weighted by Gasteiger charge is -2.35. The predicted molar refractivity (Wildman–Crippen MR) is 98.8 cm³/mol. The van der Waals surface area contributed by atoms with Crippen molar-refractivity contribution in [3.05, 3.63) is 58.6 Å². The number of anilines is 1. The van der Waals surface area contributed by atoms with Crippen LogP contribution in [0.2, 0.25) is 5.02 Å². The van der Waals surface area contributed by atoms with Gasteiger partial charge in [-0.3, -0.25) is 4.90 Å². The number of rotatable bonds is 4. The second-order valence-corrected chi connectivity index (χ2v) is 7.29. The summed E-state index contributed by atoms with van der Waals surface area (Å²) in [5.74, 6) is 0.859. The third-order valence-electron chi connectivity index (χ3n) is 4.25. The smallest absolute Gasteiger partial charge is 0.177 e. The maximum atomic E-state index is 6.09. The molecule has 0 radical (unpaired) electrons. The standard InChI is InChI=1S/C18H18ClN3OS/c19-14-3-1-4-16(11-14)22-8-6-21(7-9-22)13-15-12-17(23-20-15)18-5-2-10-24-18/h1-5,10-12H,6-9,13H2. The molecular formula is C18H18ClN3OS. The van der Waals surface area contributed by atoms with E-state index in [1.54, 1.807) is 11.3 Å². The largest absolute Gasteiger partial charge is 0.369 e. The monoisotopic (exact) mass is 359 g/mol. The van der Waals surface area contributed by atoms with Crippen molar-refractivity contribution in [3.63, 3.8) is 0 Å². The number of thiophene rings is 1. The van der Waals surface area contributed by atoms with E-state index in [1.807, 2.05) is 29.6 Å². The molecule has 2 aromatic heterocycles. The van der Waals surface area contributed by atoms with Crippen molar-refractivity contribution >= 4 is 28.6 Å². The number of hydrogen-bond acceptors (Lipinski definition) is 5. The van der Waals surface area contributed by atoms with Crippen LogP contribution >= 0.6 is 22.9 Å². The molecule has 0 aliphatic carbocycles. The number of piperazine rings is 1. The summed E-state index contributed by atoms with van der Waals surface area (Å²) in [5, 5.41) is 7.05. The Labute approximate surface area is 150 Å². The van der Waals surface area contributed by atoms with Gasteiger partial charge in [0.2, 0.25) is 0 Å². The molecule has 0 N–H and O–H groups in total. The fraction of sp³-hybridized carbons (Fsp3) is 0.278. The highest BCUT2D eigenvalue weighted by Crippen LogP contribution is 2.26. The van der Waals surface area contributed by atoms with Gasteiger partial charge in [0.05, 0.1) is 10.6 Å². The molecule has 1 aromatic carbocycles. The molecule has 124 valence electrons. The Morgan fingerprint density at radius 1 is 1.08 bits per heavy atom. The molecule has 4 rings (SSSR count). The van der Waals surface area contributed by atoms with Crippen LogP contribution < -0.4 is 4.90 Å². The van der Waals surface area contributed by atoms with Crippen LogP contribution in [0.1, 0.15) is 5.69 Å². The van der Waals surface area contributed by atoms with Gasteiger partial charge >= 0.3 is 0 Å². The molecule has 1 fully saturated rings. The fourth-order valence-electron chi connectivity index (χ4n) is 2.99. The number of aromatic nitrogens is 1. The molecule has 0 amide bonds. The molecule has 1 aliphatic heterocycles. The molecule has 24 heavy (non-hydrogen) atoms. The molecule has 4 nitrogen and oxygen atoms in total. The summed E-state index contributed by atoms with van der Waals surface area (Å²) in [7, 11) is 0. The number of nitrogens with zero attached hydrogens (tertiary/aromatic N) is 3. The van der Waals surface area contributed by atoms with E-state index in [1.165, 1.54) is 5.69 Å². The maximum absolute atomic E-state index is 6.09. The van der Waals surface area contributed by atoms with Gasteiger partial charge in [-0.05, 0) is 29.6 Å². The minimum atomic E-state index is 0.790. The van der Waals surface area contributed by atoms with Gasteiger partial charge < -0.3 is 9.42 Å². The van der Waals surface area contributed by atoms with Crippen molar-refractivity contribution in [2.24, 2.45) is 0 Å². The summed E-state index contributed by atoms with van der Waals surface area (Å²) in [6.45, 7) is 4.84. The number of benzene rings is 1. The Kier molecular flexibility index (Phi) is 4.56. The quantitative estimate of drug-likeness (QED) is 0.692.